The fourth-order valence-corrected chi connectivity index (χ4v) is 4.38. The minimum atomic E-state index is -0.590. The minimum absolute atomic E-state index is 0.0910. The molecule has 1 atom stereocenters. The molecule has 31 heavy (non-hydrogen) atoms. The Morgan fingerprint density at radius 1 is 1.06 bits per heavy atom. The lowest BCUT2D eigenvalue weighted by Crippen LogP contribution is -2.50. The van der Waals surface area contributed by atoms with E-state index < -0.39 is 6.04 Å². The monoisotopic (exact) mass is 460 g/mol. The predicted molar refractivity (Wildman–Crippen MR) is 126 cm³/mol. The zero-order valence-electron chi connectivity index (χ0n) is 18.2. The SMILES string of the molecule is Cc1ccccc1CC(=O)N(Cc1ccc(Cl)c(Cl)c1)[C@H](C)C(=O)NC1CCCCC1. The number of hydrogen-bond acceptors (Lipinski definition) is 2. The molecule has 0 unspecified atom stereocenters. The van der Waals surface area contributed by atoms with E-state index in [1.165, 1.54) is 6.42 Å². The summed E-state index contributed by atoms with van der Waals surface area (Å²) in [7, 11) is 0. The molecule has 0 aromatic heterocycles. The maximum absolute atomic E-state index is 13.3. The molecular formula is C25H30Cl2N2O2. The summed E-state index contributed by atoms with van der Waals surface area (Å²) in [6.45, 7) is 4.08. The minimum Gasteiger partial charge on any atom is -0.352 e. The second-order valence-corrected chi connectivity index (χ2v) is 9.21. The molecule has 1 fully saturated rings. The largest absolute Gasteiger partial charge is 0.352 e. The number of carbonyl (C=O) groups excluding carboxylic acids is 2. The zero-order valence-corrected chi connectivity index (χ0v) is 19.7. The number of hydrogen-bond donors (Lipinski definition) is 1. The molecule has 0 radical (unpaired) electrons. The van der Waals surface area contributed by atoms with Gasteiger partial charge in [-0.3, -0.25) is 9.59 Å². The Morgan fingerprint density at radius 2 is 1.77 bits per heavy atom. The lowest BCUT2D eigenvalue weighted by Gasteiger charge is -2.31. The van der Waals surface area contributed by atoms with Crippen LogP contribution in [0.4, 0.5) is 0 Å². The highest BCUT2D eigenvalue weighted by atomic mass is 35.5. The summed E-state index contributed by atoms with van der Waals surface area (Å²) in [5.74, 6) is -0.197. The summed E-state index contributed by atoms with van der Waals surface area (Å²) in [4.78, 5) is 28.0. The van der Waals surface area contributed by atoms with Crippen molar-refractivity contribution < 1.29 is 9.59 Å². The van der Waals surface area contributed by atoms with Crippen molar-refractivity contribution in [2.45, 2.75) is 71.0 Å². The molecule has 6 heteroatoms. The molecule has 2 aromatic rings. The van der Waals surface area contributed by atoms with Crippen LogP contribution in [-0.4, -0.2) is 28.8 Å². The van der Waals surface area contributed by atoms with Crippen LogP contribution in [0.5, 0.6) is 0 Å². The second kappa shape index (κ2) is 11.0. The smallest absolute Gasteiger partial charge is 0.242 e. The molecule has 0 bridgehead atoms. The molecule has 0 saturated heterocycles. The number of nitrogens with zero attached hydrogens (tertiary/aromatic N) is 1. The average molecular weight is 461 g/mol. The fourth-order valence-electron chi connectivity index (χ4n) is 4.06. The Bertz CT molecular complexity index is 925. The molecular weight excluding hydrogens is 431 g/mol. The van der Waals surface area contributed by atoms with Crippen LogP contribution in [0, 0.1) is 6.92 Å². The van der Waals surface area contributed by atoms with Gasteiger partial charge in [0, 0.05) is 12.6 Å². The first-order chi connectivity index (χ1) is 14.8. The van der Waals surface area contributed by atoms with E-state index >= 15 is 0 Å². The summed E-state index contributed by atoms with van der Waals surface area (Å²) < 4.78 is 0. The first kappa shape index (κ1) is 23.6. The molecule has 0 spiro atoms. The molecule has 1 aliphatic rings. The molecule has 2 amide bonds. The molecule has 3 rings (SSSR count). The maximum Gasteiger partial charge on any atom is 0.242 e. The average Bonchev–Trinajstić information content (AvgIpc) is 2.76. The van der Waals surface area contributed by atoms with Crippen LogP contribution in [0.25, 0.3) is 0 Å². The lowest BCUT2D eigenvalue weighted by molar-refractivity contribution is -0.140. The second-order valence-electron chi connectivity index (χ2n) is 8.39. The van der Waals surface area contributed by atoms with E-state index in [2.05, 4.69) is 5.32 Å². The van der Waals surface area contributed by atoms with Crippen LogP contribution in [0.2, 0.25) is 10.0 Å². The third-order valence-electron chi connectivity index (χ3n) is 6.06. The van der Waals surface area contributed by atoms with Crippen molar-refractivity contribution in [3.8, 4) is 0 Å². The van der Waals surface area contributed by atoms with Crippen LogP contribution >= 0.6 is 23.2 Å². The summed E-state index contributed by atoms with van der Waals surface area (Å²) in [5.41, 5.74) is 2.86. The van der Waals surface area contributed by atoms with Gasteiger partial charge >= 0.3 is 0 Å². The van der Waals surface area contributed by atoms with Crippen LogP contribution in [0.3, 0.4) is 0 Å². The normalized spacial score (nSPS) is 15.4. The van der Waals surface area contributed by atoms with Gasteiger partial charge in [0.1, 0.15) is 6.04 Å². The van der Waals surface area contributed by atoms with Gasteiger partial charge < -0.3 is 10.2 Å². The Balaban J connectivity index is 1.79. The Labute approximate surface area is 194 Å². The van der Waals surface area contributed by atoms with Crippen molar-refractivity contribution in [3.05, 3.63) is 69.2 Å². The number of carbonyl (C=O) groups is 2. The number of benzene rings is 2. The topological polar surface area (TPSA) is 49.4 Å². The standard InChI is InChI=1S/C25H30Cl2N2O2/c1-17-8-6-7-9-20(17)15-24(30)29(16-19-12-13-22(26)23(27)14-19)18(2)25(31)28-21-10-4-3-5-11-21/h6-9,12-14,18,21H,3-5,10-11,15-16H2,1-2H3,(H,28,31)/t18-/m1/s1. The number of nitrogens with one attached hydrogen (secondary N) is 1. The van der Waals surface area contributed by atoms with Gasteiger partial charge in [-0.15, -0.1) is 0 Å². The van der Waals surface area contributed by atoms with Crippen LogP contribution < -0.4 is 5.32 Å². The van der Waals surface area contributed by atoms with Crippen molar-refractivity contribution in [2.75, 3.05) is 0 Å². The highest BCUT2D eigenvalue weighted by Crippen LogP contribution is 2.24. The summed E-state index contributed by atoms with van der Waals surface area (Å²) in [6.07, 6.45) is 5.75. The van der Waals surface area contributed by atoms with Gasteiger partial charge in [-0.05, 0) is 55.5 Å². The summed E-state index contributed by atoms with van der Waals surface area (Å²) in [5, 5.41) is 4.05. The number of halogens is 2. The summed E-state index contributed by atoms with van der Waals surface area (Å²) in [6, 6.07) is 12.8. The molecule has 4 nitrogen and oxygen atoms in total. The fraction of sp³-hybridized carbons (Fsp3) is 0.440. The van der Waals surface area contributed by atoms with E-state index in [1.807, 2.05) is 37.3 Å². The van der Waals surface area contributed by atoms with E-state index in [-0.39, 0.29) is 24.3 Å². The maximum atomic E-state index is 13.3. The first-order valence-electron chi connectivity index (χ1n) is 10.9. The first-order valence-corrected chi connectivity index (χ1v) is 11.7. The summed E-state index contributed by atoms with van der Waals surface area (Å²) >= 11 is 12.2. The van der Waals surface area contributed by atoms with Gasteiger partial charge in [0.05, 0.1) is 16.5 Å². The van der Waals surface area contributed by atoms with E-state index in [0.717, 1.165) is 42.4 Å². The molecule has 166 valence electrons. The van der Waals surface area contributed by atoms with Crippen molar-refractivity contribution in [3.63, 3.8) is 0 Å². The van der Waals surface area contributed by atoms with Crippen molar-refractivity contribution >= 4 is 35.0 Å². The number of rotatable bonds is 7. The van der Waals surface area contributed by atoms with Crippen LogP contribution in [0.1, 0.15) is 55.7 Å². The van der Waals surface area contributed by atoms with Gasteiger partial charge in [0.15, 0.2) is 0 Å². The molecule has 2 aromatic carbocycles. The van der Waals surface area contributed by atoms with Gasteiger partial charge in [0.2, 0.25) is 11.8 Å². The molecule has 0 heterocycles. The van der Waals surface area contributed by atoms with Crippen LogP contribution in [0.15, 0.2) is 42.5 Å². The molecule has 1 N–H and O–H groups in total. The Kier molecular flexibility index (Phi) is 8.39. The molecule has 1 saturated carbocycles. The third kappa shape index (κ3) is 6.47. The van der Waals surface area contributed by atoms with Crippen molar-refractivity contribution in [1.29, 1.82) is 0 Å². The highest BCUT2D eigenvalue weighted by Gasteiger charge is 2.28. The van der Waals surface area contributed by atoms with Gasteiger partial charge in [-0.25, -0.2) is 0 Å². The lowest BCUT2D eigenvalue weighted by atomic mass is 9.95. The van der Waals surface area contributed by atoms with Crippen LogP contribution in [-0.2, 0) is 22.6 Å². The van der Waals surface area contributed by atoms with Crippen molar-refractivity contribution in [2.24, 2.45) is 0 Å². The predicted octanol–water partition coefficient (Wildman–Crippen LogP) is 5.71. The third-order valence-corrected chi connectivity index (χ3v) is 6.80. The van der Waals surface area contributed by atoms with Gasteiger partial charge in [0.25, 0.3) is 0 Å². The quantitative estimate of drug-likeness (QED) is 0.574. The van der Waals surface area contributed by atoms with Crippen molar-refractivity contribution in [1.82, 2.24) is 10.2 Å². The van der Waals surface area contributed by atoms with E-state index in [9.17, 15) is 9.59 Å². The highest BCUT2D eigenvalue weighted by molar-refractivity contribution is 6.42. The molecule has 0 aliphatic heterocycles. The van der Waals surface area contributed by atoms with E-state index in [0.29, 0.717) is 16.6 Å². The van der Waals surface area contributed by atoms with E-state index in [4.69, 9.17) is 23.2 Å². The number of amides is 2. The molecule has 1 aliphatic carbocycles. The van der Waals surface area contributed by atoms with Gasteiger partial charge in [-0.2, -0.15) is 0 Å². The van der Waals surface area contributed by atoms with Gasteiger partial charge in [-0.1, -0.05) is 72.8 Å². The zero-order chi connectivity index (χ0) is 22.4. The van der Waals surface area contributed by atoms with E-state index in [1.54, 1.807) is 24.0 Å². The Morgan fingerprint density at radius 3 is 2.45 bits per heavy atom. The Hall–Kier alpha value is -2.04. The number of aryl methyl sites for hydroxylation is 1.